The summed E-state index contributed by atoms with van der Waals surface area (Å²) in [4.78, 5) is 13.3. The number of hydrogen-bond donors (Lipinski definition) is 0. The number of halogens is 2. The monoisotopic (exact) mass is 303 g/mol. The average molecular weight is 303 g/mol. The van der Waals surface area contributed by atoms with E-state index < -0.39 is 6.61 Å². The summed E-state index contributed by atoms with van der Waals surface area (Å²) in [5.74, 6) is 0.192. The Morgan fingerprint density at radius 1 is 1.20 bits per heavy atom. The third-order valence-corrected chi connectivity index (χ3v) is 4.06. The van der Waals surface area contributed by atoms with Crippen LogP contribution >= 0.6 is 11.8 Å². The molecule has 1 amide bonds. The van der Waals surface area contributed by atoms with Gasteiger partial charge in [0.1, 0.15) is 5.75 Å². The molecule has 0 radical (unpaired) electrons. The van der Waals surface area contributed by atoms with E-state index in [2.05, 4.69) is 4.74 Å². The van der Waals surface area contributed by atoms with Crippen molar-refractivity contribution in [2.75, 3.05) is 14.1 Å². The Morgan fingerprint density at radius 2 is 1.75 bits per heavy atom. The summed E-state index contributed by atoms with van der Waals surface area (Å²) < 4.78 is 28.4. The molecule has 0 unspecified atom stereocenters. The zero-order valence-electron chi connectivity index (χ0n) is 12.0. The van der Waals surface area contributed by atoms with Gasteiger partial charge in [-0.25, -0.2) is 0 Å². The summed E-state index contributed by atoms with van der Waals surface area (Å²) >= 11 is 1.53. The van der Waals surface area contributed by atoms with Crippen molar-refractivity contribution in [3.63, 3.8) is 0 Å². The van der Waals surface area contributed by atoms with E-state index in [1.54, 1.807) is 31.1 Å². The normalized spacial score (nSPS) is 13.9. The van der Waals surface area contributed by atoms with Crippen molar-refractivity contribution in [1.29, 1.82) is 0 Å². The van der Waals surface area contributed by atoms with Crippen molar-refractivity contribution >= 4 is 17.7 Å². The number of carbonyl (C=O) groups is 1. The van der Waals surface area contributed by atoms with Gasteiger partial charge in [0.15, 0.2) is 0 Å². The molecule has 0 saturated carbocycles. The van der Waals surface area contributed by atoms with E-state index in [-0.39, 0.29) is 22.2 Å². The molecule has 0 saturated heterocycles. The van der Waals surface area contributed by atoms with Gasteiger partial charge in [0.2, 0.25) is 5.91 Å². The van der Waals surface area contributed by atoms with E-state index >= 15 is 0 Å². The highest BCUT2D eigenvalue weighted by Crippen LogP contribution is 2.33. The number of nitrogens with zero attached hydrogens (tertiary/aromatic N) is 1. The van der Waals surface area contributed by atoms with Crippen LogP contribution < -0.4 is 4.74 Å². The standard InChI is InChI=1S/C14H19F2NO2S/c1-9(20-10(2)13(18)17(3)4)11-5-7-12(8-6-11)19-14(15)16/h5-10,14H,1-4H3/t9-,10-/m0/s1. The van der Waals surface area contributed by atoms with Gasteiger partial charge in [0, 0.05) is 19.3 Å². The van der Waals surface area contributed by atoms with Crippen molar-refractivity contribution in [1.82, 2.24) is 4.90 Å². The Hall–Kier alpha value is -1.30. The maximum absolute atomic E-state index is 12.0. The number of amides is 1. The van der Waals surface area contributed by atoms with Gasteiger partial charge in [-0.2, -0.15) is 8.78 Å². The van der Waals surface area contributed by atoms with E-state index in [0.29, 0.717) is 0 Å². The molecule has 1 aromatic rings. The lowest BCUT2D eigenvalue weighted by Gasteiger charge is -2.20. The molecule has 0 N–H and O–H groups in total. The summed E-state index contributed by atoms with van der Waals surface area (Å²) in [7, 11) is 3.45. The molecule has 0 fully saturated rings. The van der Waals surface area contributed by atoms with E-state index in [4.69, 9.17) is 0 Å². The first kappa shape index (κ1) is 16.8. The molecule has 2 atom stereocenters. The predicted octanol–water partition coefficient (Wildman–Crippen LogP) is 3.56. The maximum atomic E-state index is 12.0. The fourth-order valence-corrected chi connectivity index (χ4v) is 2.98. The van der Waals surface area contributed by atoms with Crippen molar-refractivity contribution in [2.24, 2.45) is 0 Å². The Balaban J connectivity index is 2.63. The molecule has 0 bridgehead atoms. The Labute approximate surface area is 122 Å². The molecule has 20 heavy (non-hydrogen) atoms. The second kappa shape index (κ2) is 7.47. The number of benzene rings is 1. The van der Waals surface area contributed by atoms with Crippen LogP contribution in [-0.2, 0) is 4.79 Å². The van der Waals surface area contributed by atoms with Crippen LogP contribution in [0.2, 0.25) is 0 Å². The molecule has 112 valence electrons. The summed E-state index contributed by atoms with van der Waals surface area (Å²) in [5.41, 5.74) is 0.968. The molecule has 0 heterocycles. The number of ether oxygens (including phenoxy) is 1. The second-order valence-electron chi connectivity index (χ2n) is 4.60. The third kappa shape index (κ3) is 5.00. The SMILES string of the molecule is C[C@H](S[C@@H](C)c1ccc(OC(F)F)cc1)C(=O)N(C)C. The fraction of sp³-hybridized carbons (Fsp3) is 0.500. The van der Waals surface area contributed by atoms with Gasteiger partial charge in [-0.05, 0) is 31.5 Å². The van der Waals surface area contributed by atoms with E-state index in [1.165, 1.54) is 23.9 Å². The zero-order valence-corrected chi connectivity index (χ0v) is 12.8. The molecule has 0 aliphatic heterocycles. The van der Waals surface area contributed by atoms with E-state index in [9.17, 15) is 13.6 Å². The lowest BCUT2D eigenvalue weighted by molar-refractivity contribution is -0.127. The average Bonchev–Trinajstić information content (AvgIpc) is 2.37. The molecule has 0 spiro atoms. The van der Waals surface area contributed by atoms with Gasteiger partial charge in [0.25, 0.3) is 0 Å². The number of rotatable bonds is 6. The lowest BCUT2D eigenvalue weighted by atomic mass is 10.1. The predicted molar refractivity (Wildman–Crippen MR) is 77.2 cm³/mol. The lowest BCUT2D eigenvalue weighted by Crippen LogP contribution is -2.30. The number of hydrogen-bond acceptors (Lipinski definition) is 3. The first-order valence-electron chi connectivity index (χ1n) is 6.22. The van der Waals surface area contributed by atoms with Gasteiger partial charge < -0.3 is 9.64 Å². The van der Waals surface area contributed by atoms with Crippen LogP contribution in [0.5, 0.6) is 5.75 Å². The van der Waals surface area contributed by atoms with Crippen LogP contribution in [-0.4, -0.2) is 36.8 Å². The van der Waals surface area contributed by atoms with Gasteiger partial charge in [-0.15, -0.1) is 11.8 Å². The van der Waals surface area contributed by atoms with Gasteiger partial charge in [-0.3, -0.25) is 4.79 Å². The molecule has 0 aromatic heterocycles. The van der Waals surface area contributed by atoms with Crippen molar-refractivity contribution < 1.29 is 18.3 Å². The van der Waals surface area contributed by atoms with Crippen LogP contribution in [0.25, 0.3) is 0 Å². The fourth-order valence-electron chi connectivity index (χ4n) is 1.73. The highest BCUT2D eigenvalue weighted by molar-refractivity contribution is 8.00. The van der Waals surface area contributed by atoms with Gasteiger partial charge >= 0.3 is 6.61 Å². The summed E-state index contributed by atoms with van der Waals surface area (Å²) in [6.45, 7) is 1.02. The quantitative estimate of drug-likeness (QED) is 0.805. The van der Waals surface area contributed by atoms with Crippen molar-refractivity contribution in [3.8, 4) is 5.75 Å². The summed E-state index contributed by atoms with van der Waals surface area (Å²) in [5, 5.41) is -0.0634. The number of alkyl halides is 2. The Kier molecular flexibility index (Phi) is 6.26. The van der Waals surface area contributed by atoms with Crippen LogP contribution in [0.3, 0.4) is 0 Å². The minimum Gasteiger partial charge on any atom is -0.435 e. The second-order valence-corrected chi connectivity index (χ2v) is 6.29. The molecule has 1 rings (SSSR count). The molecule has 1 aromatic carbocycles. The number of thioether (sulfide) groups is 1. The largest absolute Gasteiger partial charge is 0.435 e. The van der Waals surface area contributed by atoms with E-state index in [0.717, 1.165) is 5.56 Å². The molecule has 0 aliphatic rings. The molecule has 6 heteroatoms. The van der Waals surface area contributed by atoms with E-state index in [1.807, 2.05) is 13.8 Å². The minimum atomic E-state index is -2.81. The highest BCUT2D eigenvalue weighted by atomic mass is 32.2. The Bertz CT molecular complexity index is 437. The van der Waals surface area contributed by atoms with Crippen LogP contribution in [0.15, 0.2) is 24.3 Å². The van der Waals surface area contributed by atoms with Gasteiger partial charge in [-0.1, -0.05) is 12.1 Å². The zero-order chi connectivity index (χ0) is 15.3. The Morgan fingerprint density at radius 3 is 2.20 bits per heavy atom. The topological polar surface area (TPSA) is 29.5 Å². The molecular weight excluding hydrogens is 284 g/mol. The van der Waals surface area contributed by atoms with Crippen LogP contribution in [0.1, 0.15) is 24.7 Å². The maximum Gasteiger partial charge on any atom is 0.387 e. The molecule has 0 aliphatic carbocycles. The summed E-state index contributed by atoms with van der Waals surface area (Å²) in [6.07, 6.45) is 0. The van der Waals surface area contributed by atoms with Crippen LogP contribution in [0, 0.1) is 0 Å². The van der Waals surface area contributed by atoms with Crippen LogP contribution in [0.4, 0.5) is 8.78 Å². The smallest absolute Gasteiger partial charge is 0.387 e. The van der Waals surface area contributed by atoms with Gasteiger partial charge in [0.05, 0.1) is 5.25 Å². The molecule has 3 nitrogen and oxygen atoms in total. The third-order valence-electron chi connectivity index (χ3n) is 2.77. The first-order valence-corrected chi connectivity index (χ1v) is 7.17. The first-order chi connectivity index (χ1) is 9.31. The van der Waals surface area contributed by atoms with Crippen molar-refractivity contribution in [3.05, 3.63) is 29.8 Å². The molecular formula is C14H19F2NO2S. The summed E-state index contributed by atoms with van der Waals surface area (Å²) in [6, 6.07) is 6.50. The minimum absolute atomic E-state index is 0.0551. The highest BCUT2D eigenvalue weighted by Gasteiger charge is 2.19. The van der Waals surface area contributed by atoms with Crippen molar-refractivity contribution in [2.45, 2.75) is 31.0 Å². The number of carbonyl (C=O) groups excluding carboxylic acids is 1.